The zero-order valence-corrected chi connectivity index (χ0v) is 11.0. The molecule has 0 bridgehead atoms. The van der Waals surface area contributed by atoms with Crippen molar-refractivity contribution in [2.75, 3.05) is 5.32 Å². The SMILES string of the molecule is Cc1ccc(NC(=O)Cn2cc(C)cn2)c(Cl)c1. The summed E-state index contributed by atoms with van der Waals surface area (Å²) in [6, 6.07) is 5.51. The first-order valence-corrected chi connectivity index (χ1v) is 5.97. The first kappa shape index (κ1) is 12.6. The number of carbonyl (C=O) groups is 1. The van der Waals surface area contributed by atoms with Crippen molar-refractivity contribution in [3.8, 4) is 0 Å². The molecule has 0 radical (unpaired) electrons. The van der Waals surface area contributed by atoms with Crippen LogP contribution in [-0.2, 0) is 11.3 Å². The van der Waals surface area contributed by atoms with Crippen molar-refractivity contribution >= 4 is 23.2 Å². The molecule has 1 N–H and O–H groups in total. The zero-order valence-electron chi connectivity index (χ0n) is 10.3. The summed E-state index contributed by atoms with van der Waals surface area (Å²) in [5.41, 5.74) is 2.70. The third kappa shape index (κ3) is 3.11. The van der Waals surface area contributed by atoms with Crippen LogP contribution in [0.25, 0.3) is 0 Å². The molecular formula is C13H14ClN3O. The summed E-state index contributed by atoms with van der Waals surface area (Å²) < 4.78 is 1.59. The molecule has 4 nitrogen and oxygen atoms in total. The van der Waals surface area contributed by atoms with Crippen LogP contribution in [0.15, 0.2) is 30.6 Å². The summed E-state index contributed by atoms with van der Waals surface area (Å²) in [5, 5.41) is 7.36. The number of aryl methyl sites for hydroxylation is 2. The van der Waals surface area contributed by atoms with Gasteiger partial charge in [0.1, 0.15) is 6.54 Å². The van der Waals surface area contributed by atoms with E-state index in [1.54, 1.807) is 16.9 Å². The first-order valence-electron chi connectivity index (χ1n) is 5.59. The van der Waals surface area contributed by atoms with E-state index in [0.29, 0.717) is 10.7 Å². The first-order chi connectivity index (χ1) is 8.54. The number of amides is 1. The summed E-state index contributed by atoms with van der Waals surface area (Å²) in [7, 11) is 0. The molecule has 0 atom stereocenters. The third-order valence-electron chi connectivity index (χ3n) is 2.47. The average molecular weight is 264 g/mol. The lowest BCUT2D eigenvalue weighted by atomic mass is 10.2. The lowest BCUT2D eigenvalue weighted by molar-refractivity contribution is -0.116. The maximum Gasteiger partial charge on any atom is 0.246 e. The van der Waals surface area contributed by atoms with Crippen molar-refractivity contribution in [2.45, 2.75) is 20.4 Å². The number of hydrogen-bond acceptors (Lipinski definition) is 2. The smallest absolute Gasteiger partial charge is 0.246 e. The lowest BCUT2D eigenvalue weighted by Gasteiger charge is -2.07. The Kier molecular flexibility index (Phi) is 3.67. The summed E-state index contributed by atoms with van der Waals surface area (Å²) in [6.07, 6.45) is 3.53. The van der Waals surface area contributed by atoms with Crippen LogP contribution >= 0.6 is 11.6 Å². The molecule has 94 valence electrons. The number of halogens is 1. The Morgan fingerprint density at radius 1 is 1.39 bits per heavy atom. The van der Waals surface area contributed by atoms with E-state index in [2.05, 4.69) is 10.4 Å². The van der Waals surface area contributed by atoms with Crippen molar-refractivity contribution in [1.29, 1.82) is 0 Å². The highest BCUT2D eigenvalue weighted by atomic mass is 35.5. The monoisotopic (exact) mass is 263 g/mol. The van der Waals surface area contributed by atoms with Crippen LogP contribution in [0.4, 0.5) is 5.69 Å². The van der Waals surface area contributed by atoms with Gasteiger partial charge in [-0.15, -0.1) is 0 Å². The van der Waals surface area contributed by atoms with Crippen molar-refractivity contribution in [3.05, 3.63) is 46.7 Å². The van der Waals surface area contributed by atoms with Gasteiger partial charge in [0.05, 0.1) is 16.9 Å². The highest BCUT2D eigenvalue weighted by molar-refractivity contribution is 6.33. The summed E-state index contributed by atoms with van der Waals surface area (Å²) >= 11 is 6.04. The summed E-state index contributed by atoms with van der Waals surface area (Å²) in [4.78, 5) is 11.8. The van der Waals surface area contributed by atoms with Gasteiger partial charge in [0, 0.05) is 6.20 Å². The molecular weight excluding hydrogens is 250 g/mol. The summed E-state index contributed by atoms with van der Waals surface area (Å²) in [6.45, 7) is 4.06. The fourth-order valence-corrected chi connectivity index (χ4v) is 1.89. The number of carbonyl (C=O) groups excluding carboxylic acids is 1. The van der Waals surface area contributed by atoms with Crippen LogP contribution in [0.2, 0.25) is 5.02 Å². The van der Waals surface area contributed by atoms with Gasteiger partial charge in [-0.3, -0.25) is 9.48 Å². The molecule has 1 heterocycles. The molecule has 0 spiro atoms. The quantitative estimate of drug-likeness (QED) is 0.926. The number of aromatic nitrogens is 2. The predicted molar refractivity (Wildman–Crippen MR) is 71.8 cm³/mol. The Morgan fingerprint density at radius 3 is 2.78 bits per heavy atom. The molecule has 1 aromatic carbocycles. The second kappa shape index (κ2) is 5.23. The standard InChI is InChI=1S/C13H14ClN3O/c1-9-3-4-12(11(14)5-9)16-13(18)8-17-7-10(2)6-15-17/h3-7H,8H2,1-2H3,(H,16,18). The fraction of sp³-hybridized carbons (Fsp3) is 0.231. The number of benzene rings is 1. The normalized spacial score (nSPS) is 10.4. The van der Waals surface area contributed by atoms with Gasteiger partial charge in [-0.25, -0.2) is 0 Å². The van der Waals surface area contributed by atoms with Crippen LogP contribution < -0.4 is 5.32 Å². The number of nitrogens with zero attached hydrogens (tertiary/aromatic N) is 2. The molecule has 0 aliphatic rings. The van der Waals surface area contributed by atoms with Crippen molar-refractivity contribution in [1.82, 2.24) is 9.78 Å². The lowest BCUT2D eigenvalue weighted by Crippen LogP contribution is -2.19. The molecule has 0 aliphatic heterocycles. The minimum Gasteiger partial charge on any atom is -0.323 e. The van der Waals surface area contributed by atoms with Crippen molar-refractivity contribution in [2.24, 2.45) is 0 Å². The fourth-order valence-electron chi connectivity index (χ4n) is 1.61. The highest BCUT2D eigenvalue weighted by Gasteiger charge is 2.07. The Bertz CT molecular complexity index is 577. The minimum absolute atomic E-state index is 0.149. The van der Waals surface area contributed by atoms with E-state index in [-0.39, 0.29) is 12.5 Å². The van der Waals surface area contributed by atoms with Crippen molar-refractivity contribution < 1.29 is 4.79 Å². The van der Waals surface area contributed by atoms with Gasteiger partial charge in [-0.1, -0.05) is 17.7 Å². The highest BCUT2D eigenvalue weighted by Crippen LogP contribution is 2.22. The molecule has 2 aromatic rings. The molecule has 2 rings (SSSR count). The maximum absolute atomic E-state index is 11.8. The Balaban J connectivity index is 2.03. The minimum atomic E-state index is -0.149. The van der Waals surface area contributed by atoms with Gasteiger partial charge in [0.15, 0.2) is 0 Å². The van der Waals surface area contributed by atoms with Gasteiger partial charge in [0.25, 0.3) is 0 Å². The molecule has 5 heteroatoms. The van der Waals surface area contributed by atoms with E-state index in [1.165, 1.54) is 0 Å². The Hall–Kier alpha value is -1.81. The summed E-state index contributed by atoms with van der Waals surface area (Å²) in [5.74, 6) is -0.149. The van der Waals surface area contributed by atoms with E-state index >= 15 is 0 Å². The van der Waals surface area contributed by atoms with Crippen LogP contribution in [0.1, 0.15) is 11.1 Å². The Morgan fingerprint density at radius 2 is 2.17 bits per heavy atom. The Labute approximate surface area is 111 Å². The van der Waals surface area contributed by atoms with Gasteiger partial charge in [0.2, 0.25) is 5.91 Å². The number of anilines is 1. The van der Waals surface area contributed by atoms with Crippen molar-refractivity contribution in [3.63, 3.8) is 0 Å². The molecule has 1 amide bonds. The van der Waals surface area contributed by atoms with Crippen LogP contribution in [0, 0.1) is 13.8 Å². The molecule has 0 aliphatic carbocycles. The largest absolute Gasteiger partial charge is 0.323 e. The number of rotatable bonds is 3. The average Bonchev–Trinajstić information content (AvgIpc) is 2.68. The molecule has 0 saturated heterocycles. The molecule has 0 saturated carbocycles. The second-order valence-electron chi connectivity index (χ2n) is 4.25. The van der Waals surface area contributed by atoms with Crippen LogP contribution in [-0.4, -0.2) is 15.7 Å². The maximum atomic E-state index is 11.8. The topological polar surface area (TPSA) is 46.9 Å². The van der Waals surface area contributed by atoms with Gasteiger partial charge in [-0.2, -0.15) is 5.10 Å². The zero-order chi connectivity index (χ0) is 13.1. The number of nitrogens with one attached hydrogen (secondary N) is 1. The van der Waals surface area contributed by atoms with Gasteiger partial charge in [-0.05, 0) is 37.1 Å². The van der Waals surface area contributed by atoms with E-state index < -0.39 is 0 Å². The van der Waals surface area contributed by atoms with E-state index in [0.717, 1.165) is 11.1 Å². The predicted octanol–water partition coefficient (Wildman–Crippen LogP) is 2.79. The number of hydrogen-bond donors (Lipinski definition) is 1. The van der Waals surface area contributed by atoms with Crippen LogP contribution in [0.3, 0.4) is 0 Å². The van der Waals surface area contributed by atoms with E-state index in [9.17, 15) is 4.79 Å². The molecule has 0 fully saturated rings. The van der Waals surface area contributed by atoms with E-state index in [4.69, 9.17) is 11.6 Å². The van der Waals surface area contributed by atoms with Gasteiger partial charge < -0.3 is 5.32 Å². The third-order valence-corrected chi connectivity index (χ3v) is 2.78. The molecule has 1 aromatic heterocycles. The van der Waals surface area contributed by atoms with Gasteiger partial charge >= 0.3 is 0 Å². The molecule has 0 unspecified atom stereocenters. The van der Waals surface area contributed by atoms with Crippen LogP contribution in [0.5, 0.6) is 0 Å². The molecule has 18 heavy (non-hydrogen) atoms. The van der Waals surface area contributed by atoms with E-state index in [1.807, 2.05) is 32.2 Å². The second-order valence-corrected chi connectivity index (χ2v) is 4.65.